The van der Waals surface area contributed by atoms with E-state index in [4.69, 9.17) is 0 Å². The Morgan fingerprint density at radius 1 is 0.979 bits per heavy atom. The lowest BCUT2D eigenvalue weighted by molar-refractivity contribution is -0.137. The number of halogens is 3. The highest BCUT2D eigenvalue weighted by atomic mass is 19.4. The predicted octanol–water partition coefficient (Wildman–Crippen LogP) is 6.67. The quantitative estimate of drug-likeness (QED) is 0.239. The smallest absolute Gasteiger partial charge is 0.358 e. The van der Waals surface area contributed by atoms with Gasteiger partial charge in [0.25, 0.3) is 5.91 Å². The summed E-state index contributed by atoms with van der Waals surface area (Å²) in [6.07, 6.45) is 5.73. The summed E-state index contributed by atoms with van der Waals surface area (Å²) in [5.41, 5.74) is 1.47. The Morgan fingerprint density at radius 2 is 1.74 bits per heavy atom. The number of amides is 2. The number of hydrogen-bond acceptors (Lipinski definition) is 6. The molecule has 252 valence electrons. The Labute approximate surface area is 274 Å². The van der Waals surface area contributed by atoms with E-state index in [1.165, 1.54) is 50.1 Å². The molecule has 3 aromatic rings. The van der Waals surface area contributed by atoms with Crippen LogP contribution in [0, 0.1) is 5.92 Å². The minimum Gasteiger partial charge on any atom is -0.358 e. The van der Waals surface area contributed by atoms with Crippen LogP contribution in [0.5, 0.6) is 0 Å². The second kappa shape index (κ2) is 14.2. The van der Waals surface area contributed by atoms with Gasteiger partial charge in [0.2, 0.25) is 5.91 Å². The fourth-order valence-corrected chi connectivity index (χ4v) is 7.54. The number of rotatable bonds is 9. The van der Waals surface area contributed by atoms with Gasteiger partial charge < -0.3 is 20.9 Å². The van der Waals surface area contributed by atoms with Gasteiger partial charge in [0, 0.05) is 23.5 Å². The maximum atomic E-state index is 13.9. The summed E-state index contributed by atoms with van der Waals surface area (Å²) in [6, 6.07) is 10.5. The van der Waals surface area contributed by atoms with Crippen LogP contribution in [0.2, 0.25) is 0 Å². The van der Waals surface area contributed by atoms with Crippen molar-refractivity contribution in [1.82, 2.24) is 25.5 Å². The van der Waals surface area contributed by atoms with Crippen molar-refractivity contribution >= 4 is 28.5 Å². The molecule has 3 N–H and O–H groups in total. The molecule has 2 saturated carbocycles. The molecule has 8 nitrogen and oxygen atoms in total. The SMILES string of the molecule is CC(C)CN[C@@H]1CC[C@H](N2CC[C@H](Nc3ncnc4ccc(C(F)(F)F)cc34)C2=O)[C@H](NC(=O)c2ccc(C3CCCCC3)cc2)C1. The predicted molar refractivity (Wildman–Crippen MR) is 176 cm³/mol. The molecule has 0 spiro atoms. The van der Waals surface area contributed by atoms with Gasteiger partial charge in [-0.2, -0.15) is 13.2 Å². The largest absolute Gasteiger partial charge is 0.416 e. The molecule has 1 aromatic heterocycles. The molecule has 1 aliphatic heterocycles. The number of hydrogen-bond donors (Lipinski definition) is 3. The van der Waals surface area contributed by atoms with Gasteiger partial charge in [0.1, 0.15) is 18.2 Å². The number of benzene rings is 2. The zero-order valence-corrected chi connectivity index (χ0v) is 27.2. The summed E-state index contributed by atoms with van der Waals surface area (Å²) in [5, 5.41) is 10.3. The van der Waals surface area contributed by atoms with Gasteiger partial charge in [0.05, 0.1) is 23.2 Å². The highest BCUT2D eigenvalue weighted by Crippen LogP contribution is 2.35. The molecule has 2 aromatic carbocycles. The van der Waals surface area contributed by atoms with E-state index in [0.29, 0.717) is 42.3 Å². The highest BCUT2D eigenvalue weighted by molar-refractivity contribution is 5.95. The molecule has 11 heteroatoms. The summed E-state index contributed by atoms with van der Waals surface area (Å²) in [7, 11) is 0. The average Bonchev–Trinajstić information content (AvgIpc) is 3.42. The fourth-order valence-electron chi connectivity index (χ4n) is 7.54. The molecule has 3 aliphatic rings. The lowest BCUT2D eigenvalue weighted by atomic mass is 9.84. The average molecular weight is 651 g/mol. The molecule has 2 heterocycles. The second-order valence-electron chi connectivity index (χ2n) is 13.9. The second-order valence-corrected chi connectivity index (χ2v) is 13.9. The number of fused-ring (bicyclic) bond motifs is 1. The van der Waals surface area contributed by atoms with Gasteiger partial charge >= 0.3 is 6.18 Å². The van der Waals surface area contributed by atoms with Crippen LogP contribution in [-0.2, 0) is 11.0 Å². The number of carbonyl (C=O) groups is 2. The zero-order valence-electron chi connectivity index (χ0n) is 27.2. The first-order chi connectivity index (χ1) is 22.6. The highest BCUT2D eigenvalue weighted by Gasteiger charge is 2.42. The Morgan fingerprint density at radius 3 is 2.47 bits per heavy atom. The van der Waals surface area contributed by atoms with Crippen molar-refractivity contribution < 1.29 is 22.8 Å². The summed E-state index contributed by atoms with van der Waals surface area (Å²) in [6.45, 7) is 5.67. The van der Waals surface area contributed by atoms with Crippen molar-refractivity contribution in [2.75, 3.05) is 18.4 Å². The Hall–Kier alpha value is -3.73. The van der Waals surface area contributed by atoms with Crippen LogP contribution in [0.3, 0.4) is 0 Å². The number of anilines is 1. The summed E-state index contributed by atoms with van der Waals surface area (Å²) < 4.78 is 40.4. The minimum absolute atomic E-state index is 0.140. The number of carbonyl (C=O) groups excluding carboxylic acids is 2. The molecule has 0 unspecified atom stereocenters. The van der Waals surface area contributed by atoms with Crippen molar-refractivity contribution in [3.05, 3.63) is 65.5 Å². The molecule has 6 rings (SSSR count). The van der Waals surface area contributed by atoms with Gasteiger partial charge in [-0.05, 0) is 92.8 Å². The fraction of sp³-hybridized carbons (Fsp3) is 0.556. The van der Waals surface area contributed by atoms with Gasteiger partial charge in [-0.15, -0.1) is 0 Å². The van der Waals surface area contributed by atoms with E-state index in [2.05, 4.69) is 51.9 Å². The number of alkyl halides is 3. The monoisotopic (exact) mass is 650 g/mol. The first-order valence-electron chi connectivity index (χ1n) is 17.1. The summed E-state index contributed by atoms with van der Waals surface area (Å²) in [4.78, 5) is 37.6. The summed E-state index contributed by atoms with van der Waals surface area (Å²) in [5.74, 6) is 0.962. The standard InChI is InChI=1S/C36H45F3N6O2/c1-22(2)20-40-27-13-15-32(31(19-27)44-34(46)25-10-8-24(9-11-25)23-6-4-3-5-7-23)45-17-16-30(35(45)47)43-33-28-18-26(36(37,38)39)12-14-29(28)41-21-42-33/h8-12,14,18,21-23,27,30-32,40H,3-7,13,15-17,19-20H2,1-2H3,(H,44,46)(H,41,42,43)/t27-,30+,31-,32+/m1/s1. The molecule has 2 aliphatic carbocycles. The maximum absolute atomic E-state index is 13.9. The van der Waals surface area contributed by atoms with Gasteiger partial charge in [-0.1, -0.05) is 45.2 Å². The van der Waals surface area contributed by atoms with E-state index in [9.17, 15) is 22.8 Å². The van der Waals surface area contributed by atoms with Crippen LogP contribution < -0.4 is 16.0 Å². The van der Waals surface area contributed by atoms with Gasteiger partial charge in [-0.3, -0.25) is 9.59 Å². The normalized spacial score (nSPS) is 24.2. The maximum Gasteiger partial charge on any atom is 0.416 e. The molecular formula is C36H45F3N6O2. The van der Waals surface area contributed by atoms with E-state index >= 15 is 0 Å². The van der Waals surface area contributed by atoms with Crippen LogP contribution in [0.15, 0.2) is 48.8 Å². The van der Waals surface area contributed by atoms with Gasteiger partial charge in [0.15, 0.2) is 0 Å². The third-order valence-corrected chi connectivity index (χ3v) is 10.1. The van der Waals surface area contributed by atoms with Crippen LogP contribution in [-0.4, -0.2) is 63.9 Å². The van der Waals surface area contributed by atoms with Crippen LogP contribution in [0.4, 0.5) is 19.0 Å². The van der Waals surface area contributed by atoms with Gasteiger partial charge in [-0.25, -0.2) is 9.97 Å². The van der Waals surface area contributed by atoms with E-state index < -0.39 is 17.8 Å². The van der Waals surface area contributed by atoms with Crippen molar-refractivity contribution in [2.45, 2.75) is 108 Å². The van der Waals surface area contributed by atoms with Crippen molar-refractivity contribution in [1.29, 1.82) is 0 Å². The Kier molecular flexibility index (Phi) is 10.0. The third-order valence-electron chi connectivity index (χ3n) is 10.1. The molecule has 2 amide bonds. The van der Waals surface area contributed by atoms with Crippen molar-refractivity contribution in [3.8, 4) is 0 Å². The molecule has 47 heavy (non-hydrogen) atoms. The van der Waals surface area contributed by atoms with Crippen LogP contribution in [0.1, 0.15) is 99.0 Å². The van der Waals surface area contributed by atoms with E-state index in [1.54, 1.807) is 0 Å². The van der Waals surface area contributed by atoms with E-state index in [-0.39, 0.29) is 41.1 Å². The number of nitrogens with one attached hydrogen (secondary N) is 3. The molecule has 1 saturated heterocycles. The first-order valence-corrected chi connectivity index (χ1v) is 17.1. The van der Waals surface area contributed by atoms with E-state index in [0.717, 1.165) is 31.5 Å². The molecule has 3 fully saturated rings. The zero-order chi connectivity index (χ0) is 33.1. The third kappa shape index (κ3) is 7.71. The molecular weight excluding hydrogens is 605 g/mol. The molecule has 0 radical (unpaired) electrons. The number of likely N-dealkylation sites (tertiary alicyclic amines) is 1. The first kappa shape index (κ1) is 33.2. The molecule has 0 bridgehead atoms. The number of nitrogens with zero attached hydrogens (tertiary/aromatic N) is 3. The van der Waals surface area contributed by atoms with Crippen molar-refractivity contribution in [3.63, 3.8) is 0 Å². The Bertz CT molecular complexity index is 1560. The Balaban J connectivity index is 1.17. The van der Waals surface area contributed by atoms with Crippen LogP contribution in [0.25, 0.3) is 10.9 Å². The van der Waals surface area contributed by atoms with E-state index in [1.807, 2.05) is 17.0 Å². The molecule has 4 atom stereocenters. The summed E-state index contributed by atoms with van der Waals surface area (Å²) >= 11 is 0. The minimum atomic E-state index is -4.51. The topological polar surface area (TPSA) is 99.2 Å². The number of aromatic nitrogens is 2. The van der Waals surface area contributed by atoms with Crippen molar-refractivity contribution in [2.24, 2.45) is 5.92 Å². The lowest BCUT2D eigenvalue weighted by Gasteiger charge is -2.42. The van der Waals surface area contributed by atoms with Crippen LogP contribution >= 0.6 is 0 Å². The lowest BCUT2D eigenvalue weighted by Crippen LogP contribution is -2.58.